The molecule has 0 saturated carbocycles. The average molecular weight is 465 g/mol. The number of hydrogen-bond acceptors (Lipinski definition) is 7. The fourth-order valence-electron chi connectivity index (χ4n) is 3.84. The number of nitrogens with zero attached hydrogens (tertiary/aromatic N) is 2. The van der Waals surface area contributed by atoms with Crippen LogP contribution >= 0.6 is 11.3 Å². The van der Waals surface area contributed by atoms with E-state index in [4.69, 9.17) is 14.2 Å². The molecule has 0 bridgehead atoms. The maximum absolute atomic E-state index is 13.6. The Morgan fingerprint density at radius 3 is 2.52 bits per heavy atom. The molecule has 1 atom stereocenters. The molecule has 0 spiro atoms. The number of thiazole rings is 1. The second kappa shape index (κ2) is 9.46. The van der Waals surface area contributed by atoms with E-state index in [1.165, 1.54) is 11.3 Å². The van der Waals surface area contributed by atoms with Crippen molar-refractivity contribution in [2.45, 2.75) is 19.9 Å². The average Bonchev–Trinajstić information content (AvgIpc) is 3.13. The van der Waals surface area contributed by atoms with E-state index in [1.807, 2.05) is 36.4 Å². The maximum Gasteiger partial charge on any atom is 0.338 e. The summed E-state index contributed by atoms with van der Waals surface area (Å²) in [6, 6.07) is 14.3. The summed E-state index contributed by atoms with van der Waals surface area (Å²) in [5.74, 6) is 0.707. The van der Waals surface area contributed by atoms with Crippen LogP contribution in [-0.4, -0.2) is 31.4 Å². The highest BCUT2D eigenvalue weighted by Crippen LogP contribution is 2.31. The van der Waals surface area contributed by atoms with Crippen molar-refractivity contribution in [3.63, 3.8) is 0 Å². The van der Waals surface area contributed by atoms with E-state index in [0.29, 0.717) is 32.1 Å². The lowest BCUT2D eigenvalue weighted by Crippen LogP contribution is -2.39. The van der Waals surface area contributed by atoms with Crippen molar-refractivity contribution in [2.24, 2.45) is 4.99 Å². The fourth-order valence-corrected chi connectivity index (χ4v) is 4.88. The zero-order valence-electron chi connectivity index (χ0n) is 18.8. The Labute approximate surface area is 194 Å². The van der Waals surface area contributed by atoms with E-state index >= 15 is 0 Å². The molecule has 3 aromatic rings. The Balaban J connectivity index is 1.92. The van der Waals surface area contributed by atoms with Gasteiger partial charge in [0.1, 0.15) is 0 Å². The number of ether oxygens (including phenoxy) is 3. The van der Waals surface area contributed by atoms with Crippen LogP contribution in [0, 0.1) is 0 Å². The van der Waals surface area contributed by atoms with Crippen LogP contribution in [0.1, 0.15) is 31.0 Å². The lowest BCUT2D eigenvalue weighted by atomic mass is 9.96. The van der Waals surface area contributed by atoms with E-state index in [2.05, 4.69) is 4.99 Å². The van der Waals surface area contributed by atoms with E-state index in [1.54, 1.807) is 50.8 Å². The first-order chi connectivity index (χ1) is 16.0. The van der Waals surface area contributed by atoms with Gasteiger partial charge in [-0.05, 0) is 43.2 Å². The van der Waals surface area contributed by atoms with Crippen molar-refractivity contribution in [1.29, 1.82) is 0 Å². The predicted molar refractivity (Wildman–Crippen MR) is 126 cm³/mol. The molecule has 1 unspecified atom stereocenters. The molecule has 0 radical (unpaired) electrons. The number of esters is 1. The number of methoxy groups -OCH3 is 2. The molecule has 0 fully saturated rings. The Morgan fingerprint density at radius 1 is 1.12 bits per heavy atom. The van der Waals surface area contributed by atoms with Crippen LogP contribution in [0.25, 0.3) is 6.08 Å². The minimum absolute atomic E-state index is 0.225. The number of carbonyl (C=O) groups excluding carboxylic acids is 1. The van der Waals surface area contributed by atoms with E-state index in [9.17, 15) is 9.59 Å². The van der Waals surface area contributed by atoms with Crippen LogP contribution in [0.4, 0.5) is 0 Å². The zero-order valence-corrected chi connectivity index (χ0v) is 19.6. The third-order valence-corrected chi connectivity index (χ3v) is 6.32. The number of carbonyl (C=O) groups is 1. The Morgan fingerprint density at radius 2 is 1.85 bits per heavy atom. The Hall–Kier alpha value is -3.65. The highest BCUT2D eigenvalue weighted by Gasteiger charge is 2.33. The molecule has 1 aromatic heterocycles. The molecule has 4 rings (SSSR count). The van der Waals surface area contributed by atoms with Crippen molar-refractivity contribution in [1.82, 2.24) is 4.57 Å². The molecule has 33 heavy (non-hydrogen) atoms. The van der Waals surface area contributed by atoms with Crippen molar-refractivity contribution in [2.75, 3.05) is 20.8 Å². The molecular weight excluding hydrogens is 440 g/mol. The molecular formula is C25H24N2O5S. The van der Waals surface area contributed by atoms with Gasteiger partial charge >= 0.3 is 5.97 Å². The summed E-state index contributed by atoms with van der Waals surface area (Å²) in [4.78, 5) is 31.5. The van der Waals surface area contributed by atoms with Crippen molar-refractivity contribution in [3.05, 3.63) is 90.6 Å². The van der Waals surface area contributed by atoms with Crippen LogP contribution in [0.15, 0.2) is 69.6 Å². The fraction of sp³-hybridized carbons (Fsp3) is 0.240. The van der Waals surface area contributed by atoms with Crippen molar-refractivity contribution in [3.8, 4) is 11.5 Å². The lowest BCUT2D eigenvalue weighted by molar-refractivity contribution is -0.139. The summed E-state index contributed by atoms with van der Waals surface area (Å²) in [7, 11) is 3.14. The monoisotopic (exact) mass is 464 g/mol. The summed E-state index contributed by atoms with van der Waals surface area (Å²) < 4.78 is 18.1. The molecule has 8 heteroatoms. The molecule has 2 heterocycles. The van der Waals surface area contributed by atoms with Gasteiger partial charge in [-0.25, -0.2) is 9.79 Å². The molecule has 7 nitrogen and oxygen atoms in total. The summed E-state index contributed by atoms with van der Waals surface area (Å²) in [6.45, 7) is 3.76. The number of aromatic nitrogens is 1. The first kappa shape index (κ1) is 22.5. The lowest BCUT2D eigenvalue weighted by Gasteiger charge is -2.24. The highest BCUT2D eigenvalue weighted by atomic mass is 32.1. The topological polar surface area (TPSA) is 79.1 Å². The molecule has 0 aliphatic carbocycles. The summed E-state index contributed by atoms with van der Waals surface area (Å²) in [5, 5.41) is 0. The molecule has 2 aromatic carbocycles. The molecule has 0 N–H and O–H groups in total. The maximum atomic E-state index is 13.6. The quantitative estimate of drug-likeness (QED) is 0.524. The third kappa shape index (κ3) is 4.21. The standard InChI is InChI=1S/C25H24N2O5S/c1-5-32-24(29)21-15(2)26-25-27(22(21)17-9-7-6-8-10-17)23(28)20(33-25)14-16-11-12-18(30-3)19(13-16)31-4/h6-14,22H,5H2,1-4H3/b20-14+. The minimum atomic E-state index is -0.617. The second-order valence-corrected chi connectivity index (χ2v) is 8.34. The number of rotatable bonds is 6. The molecule has 0 amide bonds. The van der Waals surface area contributed by atoms with Crippen LogP contribution in [-0.2, 0) is 9.53 Å². The number of benzene rings is 2. The van der Waals surface area contributed by atoms with Gasteiger partial charge in [-0.2, -0.15) is 0 Å². The Bertz CT molecular complexity index is 1400. The zero-order chi connectivity index (χ0) is 23.5. The van der Waals surface area contributed by atoms with Gasteiger partial charge in [-0.15, -0.1) is 0 Å². The van der Waals surface area contributed by atoms with E-state index in [0.717, 1.165) is 11.1 Å². The molecule has 1 aliphatic rings. The number of allylic oxidation sites excluding steroid dienone is 1. The van der Waals surface area contributed by atoms with Gasteiger partial charge in [0, 0.05) is 0 Å². The van der Waals surface area contributed by atoms with Gasteiger partial charge in [0.25, 0.3) is 5.56 Å². The molecule has 170 valence electrons. The van der Waals surface area contributed by atoms with E-state index in [-0.39, 0.29) is 12.2 Å². The normalized spacial score (nSPS) is 15.6. The van der Waals surface area contributed by atoms with Gasteiger partial charge in [0.05, 0.1) is 42.7 Å². The first-order valence-corrected chi connectivity index (χ1v) is 11.3. The van der Waals surface area contributed by atoms with Gasteiger partial charge in [0.2, 0.25) is 0 Å². The summed E-state index contributed by atoms with van der Waals surface area (Å²) in [5.41, 5.74) is 2.29. The van der Waals surface area contributed by atoms with Crippen molar-refractivity contribution < 1.29 is 19.0 Å². The first-order valence-electron chi connectivity index (χ1n) is 10.4. The summed E-state index contributed by atoms with van der Waals surface area (Å²) >= 11 is 1.28. The van der Waals surface area contributed by atoms with Gasteiger partial charge in [-0.3, -0.25) is 9.36 Å². The number of hydrogen-bond donors (Lipinski definition) is 0. The van der Waals surface area contributed by atoms with Crippen LogP contribution in [0.3, 0.4) is 0 Å². The largest absolute Gasteiger partial charge is 0.493 e. The third-order valence-electron chi connectivity index (χ3n) is 5.34. The van der Waals surface area contributed by atoms with Gasteiger partial charge in [-0.1, -0.05) is 47.7 Å². The molecule has 1 aliphatic heterocycles. The van der Waals surface area contributed by atoms with Crippen LogP contribution in [0.5, 0.6) is 11.5 Å². The minimum Gasteiger partial charge on any atom is -0.493 e. The predicted octanol–water partition coefficient (Wildman–Crippen LogP) is 2.82. The SMILES string of the molecule is CCOC(=O)C1=C(C)N=c2s/c(=C/c3ccc(OC)c(OC)c3)c(=O)n2C1c1ccccc1. The van der Waals surface area contributed by atoms with E-state index < -0.39 is 12.0 Å². The number of fused-ring (bicyclic) bond motifs is 1. The van der Waals surface area contributed by atoms with Crippen LogP contribution in [0.2, 0.25) is 0 Å². The summed E-state index contributed by atoms with van der Waals surface area (Å²) in [6.07, 6.45) is 1.79. The molecule has 0 saturated heterocycles. The van der Waals surface area contributed by atoms with Crippen LogP contribution < -0.4 is 24.4 Å². The van der Waals surface area contributed by atoms with Gasteiger partial charge < -0.3 is 14.2 Å². The highest BCUT2D eigenvalue weighted by molar-refractivity contribution is 7.07. The van der Waals surface area contributed by atoms with Crippen molar-refractivity contribution >= 4 is 23.4 Å². The smallest absolute Gasteiger partial charge is 0.338 e. The Kier molecular flexibility index (Phi) is 6.46. The van der Waals surface area contributed by atoms with Gasteiger partial charge in [0.15, 0.2) is 16.3 Å². The second-order valence-electron chi connectivity index (χ2n) is 7.33.